The second-order valence-electron chi connectivity index (χ2n) is 12.3. The summed E-state index contributed by atoms with van der Waals surface area (Å²) < 4.78 is 11.0. The fourth-order valence-electron chi connectivity index (χ4n) is 5.81. The van der Waals surface area contributed by atoms with Crippen LogP contribution in [0.1, 0.15) is 33.6 Å². The fraction of sp³-hybridized carbons (Fsp3) is 0.533. The highest BCUT2D eigenvalue weighted by Gasteiger charge is 2.38. The molecule has 2 aromatic heterocycles. The first-order valence-electron chi connectivity index (χ1n) is 14.8. The van der Waals surface area contributed by atoms with Gasteiger partial charge in [-0.15, -0.1) is 0 Å². The SMILES string of the molecule is CC(C)(C)OC(=O)N1CC(N2CCC[C@H](NC(=O)Nc3ccc(-c4cc5c(N6CCOCC6)ncnc5[nH]4)cc3)C2)C1. The molecule has 12 heteroatoms. The third-order valence-corrected chi connectivity index (χ3v) is 7.99. The Morgan fingerprint density at radius 3 is 2.55 bits per heavy atom. The number of anilines is 2. The number of hydrogen-bond donors (Lipinski definition) is 3. The van der Waals surface area contributed by atoms with Crippen LogP contribution in [-0.4, -0.2) is 107 Å². The Balaban J connectivity index is 1.01. The van der Waals surface area contributed by atoms with Crippen LogP contribution in [0.3, 0.4) is 0 Å². The number of carbonyl (C=O) groups is 2. The lowest BCUT2D eigenvalue weighted by atomic mass is 10.00. The zero-order chi connectivity index (χ0) is 29.3. The molecule has 42 heavy (non-hydrogen) atoms. The molecule has 1 aromatic carbocycles. The van der Waals surface area contributed by atoms with Crippen molar-refractivity contribution >= 4 is 34.7 Å². The van der Waals surface area contributed by atoms with Gasteiger partial charge in [0, 0.05) is 56.2 Å². The first-order chi connectivity index (χ1) is 20.2. The number of amides is 3. The van der Waals surface area contributed by atoms with Gasteiger partial charge < -0.3 is 34.9 Å². The van der Waals surface area contributed by atoms with E-state index in [2.05, 4.69) is 41.5 Å². The average Bonchev–Trinajstić information content (AvgIpc) is 3.37. The van der Waals surface area contributed by atoms with E-state index >= 15 is 0 Å². The summed E-state index contributed by atoms with van der Waals surface area (Å²) in [7, 11) is 0. The summed E-state index contributed by atoms with van der Waals surface area (Å²) in [6.45, 7) is 11.7. The van der Waals surface area contributed by atoms with Crippen LogP contribution in [0, 0.1) is 0 Å². The minimum Gasteiger partial charge on any atom is -0.444 e. The van der Waals surface area contributed by atoms with Crippen molar-refractivity contribution in [2.75, 3.05) is 62.7 Å². The van der Waals surface area contributed by atoms with E-state index in [9.17, 15) is 9.59 Å². The number of carbonyl (C=O) groups excluding carboxylic acids is 2. The predicted octanol–water partition coefficient (Wildman–Crippen LogP) is 3.67. The lowest BCUT2D eigenvalue weighted by Gasteiger charge is -2.47. The highest BCUT2D eigenvalue weighted by atomic mass is 16.6. The van der Waals surface area contributed by atoms with Crippen molar-refractivity contribution in [1.82, 2.24) is 30.1 Å². The van der Waals surface area contributed by atoms with Crippen molar-refractivity contribution in [3.05, 3.63) is 36.7 Å². The van der Waals surface area contributed by atoms with E-state index in [0.717, 1.165) is 72.8 Å². The molecule has 5 heterocycles. The van der Waals surface area contributed by atoms with Crippen LogP contribution in [0.5, 0.6) is 0 Å². The number of likely N-dealkylation sites (tertiary alicyclic amines) is 2. The summed E-state index contributed by atoms with van der Waals surface area (Å²) in [6.07, 6.45) is 3.27. The van der Waals surface area contributed by atoms with Crippen LogP contribution in [0.25, 0.3) is 22.3 Å². The van der Waals surface area contributed by atoms with Gasteiger partial charge in [-0.25, -0.2) is 19.6 Å². The summed E-state index contributed by atoms with van der Waals surface area (Å²) >= 11 is 0. The standard InChI is InChI=1S/C30H40N8O4/c1-30(2,3)42-29(40)38-17-23(18-38)37-10-4-5-22(16-37)34-28(39)33-21-8-6-20(7-9-21)25-15-24-26(35-25)31-19-32-27(24)36-11-13-41-14-12-36/h6-9,15,19,22-23H,4-5,10-14,16-18H2,1-3H3,(H,31,32,35)(H2,33,34,39)/t22-/m0/s1. The van der Waals surface area contributed by atoms with Gasteiger partial charge in [0.05, 0.1) is 18.6 Å². The summed E-state index contributed by atoms with van der Waals surface area (Å²) in [6, 6.07) is 10.0. The monoisotopic (exact) mass is 576 g/mol. The van der Waals surface area contributed by atoms with Crippen LogP contribution >= 0.6 is 0 Å². The van der Waals surface area contributed by atoms with Gasteiger partial charge in [0.15, 0.2) is 0 Å². The second kappa shape index (κ2) is 11.8. The molecule has 3 amide bonds. The van der Waals surface area contributed by atoms with E-state index in [0.29, 0.717) is 32.3 Å². The molecular weight excluding hydrogens is 536 g/mol. The minimum atomic E-state index is -0.491. The molecule has 3 aromatic rings. The number of hydrogen-bond acceptors (Lipinski definition) is 8. The Morgan fingerprint density at radius 1 is 1.05 bits per heavy atom. The third-order valence-electron chi connectivity index (χ3n) is 7.99. The molecule has 3 aliphatic heterocycles. The molecule has 3 N–H and O–H groups in total. The molecule has 6 rings (SSSR count). The molecule has 0 saturated carbocycles. The molecule has 0 spiro atoms. The zero-order valence-electron chi connectivity index (χ0n) is 24.6. The van der Waals surface area contributed by atoms with Crippen molar-refractivity contribution in [3.63, 3.8) is 0 Å². The van der Waals surface area contributed by atoms with Crippen LogP contribution in [-0.2, 0) is 9.47 Å². The van der Waals surface area contributed by atoms with Gasteiger partial charge in [-0.1, -0.05) is 12.1 Å². The van der Waals surface area contributed by atoms with E-state index in [-0.39, 0.29) is 18.2 Å². The van der Waals surface area contributed by atoms with E-state index in [4.69, 9.17) is 9.47 Å². The third kappa shape index (κ3) is 6.44. The Bertz CT molecular complexity index is 1410. The summed E-state index contributed by atoms with van der Waals surface area (Å²) in [4.78, 5) is 43.8. The van der Waals surface area contributed by atoms with Gasteiger partial charge in [0.25, 0.3) is 0 Å². The van der Waals surface area contributed by atoms with Gasteiger partial charge in [0.2, 0.25) is 0 Å². The van der Waals surface area contributed by atoms with Gasteiger partial charge in [-0.05, 0) is 63.9 Å². The van der Waals surface area contributed by atoms with Crippen LogP contribution in [0.15, 0.2) is 36.7 Å². The number of nitrogens with one attached hydrogen (secondary N) is 3. The highest BCUT2D eigenvalue weighted by molar-refractivity contribution is 5.93. The molecule has 3 saturated heterocycles. The first kappa shape index (κ1) is 28.2. The molecular formula is C30H40N8O4. The number of piperidine rings is 1. The van der Waals surface area contributed by atoms with E-state index in [1.807, 2.05) is 45.0 Å². The van der Waals surface area contributed by atoms with E-state index in [1.54, 1.807) is 11.2 Å². The minimum absolute atomic E-state index is 0.0571. The van der Waals surface area contributed by atoms with Crippen LogP contribution < -0.4 is 15.5 Å². The second-order valence-corrected chi connectivity index (χ2v) is 12.3. The van der Waals surface area contributed by atoms with Crippen molar-refractivity contribution < 1.29 is 19.1 Å². The van der Waals surface area contributed by atoms with Crippen molar-refractivity contribution in [2.45, 2.75) is 51.3 Å². The smallest absolute Gasteiger partial charge is 0.410 e. The lowest BCUT2D eigenvalue weighted by molar-refractivity contribution is -0.0206. The molecule has 12 nitrogen and oxygen atoms in total. The van der Waals surface area contributed by atoms with Crippen molar-refractivity contribution in [3.8, 4) is 11.3 Å². The summed E-state index contributed by atoms with van der Waals surface area (Å²) in [5, 5.41) is 7.09. The number of aromatic amines is 1. The number of urea groups is 1. The molecule has 0 radical (unpaired) electrons. The summed E-state index contributed by atoms with van der Waals surface area (Å²) in [5.74, 6) is 0.916. The summed E-state index contributed by atoms with van der Waals surface area (Å²) in [5.41, 5.74) is 2.97. The van der Waals surface area contributed by atoms with Crippen molar-refractivity contribution in [1.29, 1.82) is 0 Å². The molecule has 1 atom stereocenters. The number of aromatic nitrogens is 3. The molecule has 3 aliphatic rings. The molecule has 224 valence electrons. The Labute approximate surface area is 245 Å². The van der Waals surface area contributed by atoms with Gasteiger partial charge in [-0.3, -0.25) is 4.90 Å². The van der Waals surface area contributed by atoms with E-state index < -0.39 is 5.60 Å². The average molecular weight is 577 g/mol. The quantitative estimate of drug-likeness (QED) is 0.420. The zero-order valence-corrected chi connectivity index (χ0v) is 24.6. The maximum Gasteiger partial charge on any atom is 0.410 e. The largest absolute Gasteiger partial charge is 0.444 e. The van der Waals surface area contributed by atoms with Crippen molar-refractivity contribution in [2.24, 2.45) is 0 Å². The van der Waals surface area contributed by atoms with E-state index in [1.165, 1.54) is 0 Å². The Hall–Kier alpha value is -3.90. The number of ether oxygens (including phenoxy) is 2. The Morgan fingerprint density at radius 2 is 1.81 bits per heavy atom. The number of nitrogens with zero attached hydrogens (tertiary/aromatic N) is 5. The topological polar surface area (TPSA) is 128 Å². The molecule has 0 bridgehead atoms. The maximum absolute atomic E-state index is 12.8. The number of fused-ring (bicyclic) bond motifs is 1. The van der Waals surface area contributed by atoms with Crippen LogP contribution in [0.2, 0.25) is 0 Å². The van der Waals surface area contributed by atoms with Gasteiger partial charge in [-0.2, -0.15) is 0 Å². The predicted molar refractivity (Wildman–Crippen MR) is 161 cm³/mol. The molecule has 0 aliphatic carbocycles. The fourth-order valence-corrected chi connectivity index (χ4v) is 5.81. The van der Waals surface area contributed by atoms with Gasteiger partial charge >= 0.3 is 12.1 Å². The Kier molecular flexibility index (Phi) is 7.91. The molecule has 3 fully saturated rings. The van der Waals surface area contributed by atoms with Crippen LogP contribution in [0.4, 0.5) is 21.1 Å². The molecule has 0 unspecified atom stereocenters. The normalized spacial score (nSPS) is 20.3. The number of H-pyrrole nitrogens is 1. The number of morpholine rings is 1. The number of rotatable bonds is 5. The maximum atomic E-state index is 12.8. The first-order valence-corrected chi connectivity index (χ1v) is 14.8. The lowest BCUT2D eigenvalue weighted by Crippen LogP contribution is -2.64. The number of benzene rings is 1. The highest BCUT2D eigenvalue weighted by Crippen LogP contribution is 2.30. The van der Waals surface area contributed by atoms with Gasteiger partial charge in [0.1, 0.15) is 23.4 Å².